The van der Waals surface area contributed by atoms with E-state index in [4.69, 9.17) is 0 Å². The second-order valence-corrected chi connectivity index (χ2v) is 7.68. The third-order valence-electron chi connectivity index (χ3n) is 5.37. The molecular formula is C22H31N. The number of nitrogens with zero attached hydrogens (tertiary/aromatic N) is 1. The molecule has 0 heterocycles. The Balaban J connectivity index is 2.32. The zero-order valence-electron chi connectivity index (χ0n) is 15.4. The van der Waals surface area contributed by atoms with Crippen LogP contribution >= 0.6 is 0 Å². The summed E-state index contributed by atoms with van der Waals surface area (Å²) >= 11 is 0. The summed E-state index contributed by atoms with van der Waals surface area (Å²) in [5.74, 6) is 2.02. The third-order valence-corrected chi connectivity index (χ3v) is 5.37. The highest BCUT2D eigenvalue weighted by Gasteiger charge is 2.27. The molecule has 1 heteroatoms. The number of allylic oxidation sites excluding steroid dienone is 1. The van der Waals surface area contributed by atoms with E-state index in [2.05, 4.69) is 65.0 Å². The molecule has 2 rings (SSSR count). The molecule has 0 aliphatic heterocycles. The molecule has 1 nitrogen and oxygen atoms in total. The van der Waals surface area contributed by atoms with Crippen LogP contribution in [0.2, 0.25) is 0 Å². The van der Waals surface area contributed by atoms with E-state index in [-0.39, 0.29) is 5.92 Å². The summed E-state index contributed by atoms with van der Waals surface area (Å²) in [7, 11) is 0. The van der Waals surface area contributed by atoms with Crippen LogP contribution in [-0.4, -0.2) is 0 Å². The summed E-state index contributed by atoms with van der Waals surface area (Å²) in [5.41, 5.74) is 5.29. The van der Waals surface area contributed by atoms with Gasteiger partial charge in [0, 0.05) is 0 Å². The Morgan fingerprint density at radius 3 is 2.74 bits per heavy atom. The smallest absolute Gasteiger partial charge is 0.0723 e. The van der Waals surface area contributed by atoms with Gasteiger partial charge in [-0.3, -0.25) is 0 Å². The molecule has 0 bridgehead atoms. The standard InChI is InChI=1S/C22H31N/c1-6-15(2)11-16(3)7-10-21-18(5)8-9-19-12-17(4)13-20(14-23)22(19)21/h7-10,15-17,20H,6,11-13H2,1-5H3/b10-7+/t15?,16?,17-,20?/m1/s1. The Bertz CT molecular complexity index is 605. The lowest BCUT2D eigenvalue weighted by molar-refractivity contribution is 0.455. The summed E-state index contributed by atoms with van der Waals surface area (Å²) in [5, 5.41) is 9.63. The number of rotatable bonds is 5. The zero-order valence-corrected chi connectivity index (χ0v) is 15.4. The molecule has 0 N–H and O–H groups in total. The molecule has 1 aliphatic rings. The van der Waals surface area contributed by atoms with Gasteiger partial charge < -0.3 is 0 Å². The van der Waals surface area contributed by atoms with Crippen LogP contribution in [0.4, 0.5) is 0 Å². The van der Waals surface area contributed by atoms with Crippen molar-refractivity contribution in [3.05, 3.63) is 40.5 Å². The van der Waals surface area contributed by atoms with Crippen LogP contribution in [0.3, 0.4) is 0 Å². The van der Waals surface area contributed by atoms with Crippen molar-refractivity contribution in [3.8, 4) is 6.07 Å². The second-order valence-electron chi connectivity index (χ2n) is 7.68. The van der Waals surface area contributed by atoms with E-state index in [1.165, 1.54) is 35.1 Å². The SMILES string of the molecule is CCC(C)CC(C)/C=C/c1c(C)ccc2c1C(C#N)C[C@H](C)C2. The van der Waals surface area contributed by atoms with Crippen LogP contribution in [0.1, 0.15) is 75.1 Å². The van der Waals surface area contributed by atoms with E-state index in [0.717, 1.165) is 18.8 Å². The molecule has 0 fully saturated rings. The minimum absolute atomic E-state index is 0.0539. The normalized spacial score (nSPS) is 23.3. The zero-order chi connectivity index (χ0) is 17.0. The Labute approximate surface area is 142 Å². The van der Waals surface area contributed by atoms with Crippen molar-refractivity contribution >= 4 is 6.08 Å². The number of hydrogen-bond acceptors (Lipinski definition) is 1. The van der Waals surface area contributed by atoms with E-state index >= 15 is 0 Å². The van der Waals surface area contributed by atoms with Gasteiger partial charge in [-0.05, 0) is 66.2 Å². The van der Waals surface area contributed by atoms with Crippen molar-refractivity contribution in [1.82, 2.24) is 0 Å². The highest BCUT2D eigenvalue weighted by Crippen LogP contribution is 2.38. The Morgan fingerprint density at radius 1 is 1.35 bits per heavy atom. The molecule has 1 aliphatic carbocycles. The average Bonchev–Trinajstić information content (AvgIpc) is 2.53. The van der Waals surface area contributed by atoms with Gasteiger partial charge >= 0.3 is 0 Å². The second kappa shape index (κ2) is 7.82. The molecule has 0 amide bonds. The summed E-state index contributed by atoms with van der Waals surface area (Å²) in [4.78, 5) is 0. The molecule has 0 spiro atoms. The van der Waals surface area contributed by atoms with E-state index < -0.39 is 0 Å². The van der Waals surface area contributed by atoms with Crippen LogP contribution in [0.25, 0.3) is 6.08 Å². The molecule has 3 unspecified atom stereocenters. The minimum Gasteiger partial charge on any atom is -0.198 e. The number of aryl methyl sites for hydroxylation is 1. The lowest BCUT2D eigenvalue weighted by Crippen LogP contribution is -2.17. The highest BCUT2D eigenvalue weighted by atomic mass is 14.3. The quantitative estimate of drug-likeness (QED) is 0.628. The largest absolute Gasteiger partial charge is 0.198 e. The van der Waals surface area contributed by atoms with Crippen LogP contribution in [-0.2, 0) is 6.42 Å². The Morgan fingerprint density at radius 2 is 2.09 bits per heavy atom. The molecule has 23 heavy (non-hydrogen) atoms. The Hall–Kier alpha value is -1.55. The maximum atomic E-state index is 9.63. The molecule has 0 saturated heterocycles. The first-order valence-electron chi connectivity index (χ1n) is 9.16. The monoisotopic (exact) mass is 309 g/mol. The van der Waals surface area contributed by atoms with E-state index in [1.807, 2.05) is 0 Å². The van der Waals surface area contributed by atoms with Gasteiger partial charge in [-0.1, -0.05) is 58.4 Å². The number of benzene rings is 1. The van der Waals surface area contributed by atoms with Gasteiger partial charge in [0.25, 0.3) is 0 Å². The van der Waals surface area contributed by atoms with Crippen molar-refractivity contribution in [2.75, 3.05) is 0 Å². The van der Waals surface area contributed by atoms with Gasteiger partial charge in [0.05, 0.1) is 12.0 Å². The van der Waals surface area contributed by atoms with Crippen molar-refractivity contribution in [2.24, 2.45) is 17.8 Å². The van der Waals surface area contributed by atoms with Crippen molar-refractivity contribution < 1.29 is 0 Å². The van der Waals surface area contributed by atoms with Crippen LogP contribution in [0.15, 0.2) is 18.2 Å². The topological polar surface area (TPSA) is 23.8 Å². The first-order chi connectivity index (χ1) is 11.0. The van der Waals surface area contributed by atoms with Crippen molar-refractivity contribution in [1.29, 1.82) is 5.26 Å². The maximum Gasteiger partial charge on any atom is 0.0723 e. The summed E-state index contributed by atoms with van der Waals surface area (Å²) < 4.78 is 0. The van der Waals surface area contributed by atoms with E-state index in [0.29, 0.717) is 11.8 Å². The number of nitriles is 1. The van der Waals surface area contributed by atoms with Crippen LogP contribution in [0.5, 0.6) is 0 Å². The summed E-state index contributed by atoms with van der Waals surface area (Å²) in [6, 6.07) is 7.02. The number of fused-ring (bicyclic) bond motifs is 1. The maximum absolute atomic E-state index is 9.63. The fraction of sp³-hybridized carbons (Fsp3) is 0.591. The van der Waals surface area contributed by atoms with Crippen LogP contribution < -0.4 is 0 Å². The fourth-order valence-electron chi connectivity index (χ4n) is 3.84. The van der Waals surface area contributed by atoms with Crippen molar-refractivity contribution in [3.63, 3.8) is 0 Å². The lowest BCUT2D eigenvalue weighted by Gasteiger charge is -2.28. The molecular weight excluding hydrogens is 278 g/mol. The Kier molecular flexibility index (Phi) is 6.05. The third kappa shape index (κ3) is 4.25. The van der Waals surface area contributed by atoms with Gasteiger partial charge in [-0.25, -0.2) is 0 Å². The van der Waals surface area contributed by atoms with E-state index in [1.54, 1.807) is 0 Å². The molecule has 124 valence electrons. The summed E-state index contributed by atoms with van der Waals surface area (Å²) in [6.45, 7) is 11.3. The van der Waals surface area contributed by atoms with Gasteiger partial charge in [-0.15, -0.1) is 0 Å². The molecule has 1 aromatic rings. The minimum atomic E-state index is 0.0539. The van der Waals surface area contributed by atoms with Gasteiger partial charge in [0.1, 0.15) is 0 Å². The van der Waals surface area contributed by atoms with E-state index in [9.17, 15) is 5.26 Å². The summed E-state index contributed by atoms with van der Waals surface area (Å²) in [6.07, 6.45) is 9.22. The predicted molar refractivity (Wildman–Crippen MR) is 99.3 cm³/mol. The molecule has 0 radical (unpaired) electrons. The van der Waals surface area contributed by atoms with Gasteiger partial charge in [0.15, 0.2) is 0 Å². The predicted octanol–water partition coefficient (Wildman–Crippen LogP) is 6.27. The lowest BCUT2D eigenvalue weighted by atomic mass is 9.75. The molecule has 1 aromatic carbocycles. The molecule has 0 saturated carbocycles. The van der Waals surface area contributed by atoms with Crippen LogP contribution in [0, 0.1) is 36.0 Å². The van der Waals surface area contributed by atoms with Gasteiger partial charge in [-0.2, -0.15) is 5.26 Å². The average molecular weight is 309 g/mol. The van der Waals surface area contributed by atoms with Crippen molar-refractivity contribution in [2.45, 2.75) is 66.2 Å². The molecule has 4 atom stereocenters. The number of hydrogen-bond donors (Lipinski definition) is 0. The van der Waals surface area contributed by atoms with Gasteiger partial charge in [0.2, 0.25) is 0 Å². The fourth-order valence-corrected chi connectivity index (χ4v) is 3.84. The first kappa shape index (κ1) is 17.8. The highest BCUT2D eigenvalue weighted by molar-refractivity contribution is 5.62. The molecule has 0 aromatic heterocycles. The first-order valence-corrected chi connectivity index (χ1v) is 9.16.